The maximum atomic E-state index is 13.7. The summed E-state index contributed by atoms with van der Waals surface area (Å²) in [6.45, 7) is 3.69. The Balaban J connectivity index is 1.46. The minimum Gasteiger partial charge on any atom is -0.334 e. The van der Waals surface area contributed by atoms with Crippen LogP contribution in [0.2, 0.25) is 0 Å². The van der Waals surface area contributed by atoms with Crippen LogP contribution >= 0.6 is 0 Å². The van der Waals surface area contributed by atoms with Gasteiger partial charge in [-0.05, 0) is 24.6 Å². The largest absolute Gasteiger partial charge is 0.334 e. The Kier molecular flexibility index (Phi) is 3.83. The van der Waals surface area contributed by atoms with E-state index in [9.17, 15) is 9.18 Å². The van der Waals surface area contributed by atoms with Crippen molar-refractivity contribution in [1.82, 2.24) is 24.8 Å². The van der Waals surface area contributed by atoms with E-state index in [1.807, 2.05) is 25.3 Å². The summed E-state index contributed by atoms with van der Waals surface area (Å²) in [4.78, 5) is 22.8. The number of halogens is 1. The van der Waals surface area contributed by atoms with E-state index in [-0.39, 0.29) is 17.9 Å². The number of nitrogens with one attached hydrogen (secondary N) is 1. The molecule has 25 heavy (non-hydrogen) atoms. The number of aromatic nitrogens is 3. The van der Waals surface area contributed by atoms with Gasteiger partial charge in [0.2, 0.25) is 0 Å². The zero-order valence-electron chi connectivity index (χ0n) is 13.8. The van der Waals surface area contributed by atoms with Crippen LogP contribution in [0.1, 0.15) is 24.4 Å². The molecule has 3 aromatic rings. The average molecular weight is 339 g/mol. The predicted molar refractivity (Wildman–Crippen MR) is 91.3 cm³/mol. The summed E-state index contributed by atoms with van der Waals surface area (Å²) >= 11 is 0. The van der Waals surface area contributed by atoms with Crippen molar-refractivity contribution in [1.29, 1.82) is 0 Å². The Labute approximate surface area is 144 Å². The molecule has 1 N–H and O–H groups in total. The van der Waals surface area contributed by atoms with Gasteiger partial charge in [-0.25, -0.2) is 14.2 Å². The number of fused-ring (bicyclic) bond motifs is 2. The number of hydrogen-bond donors (Lipinski definition) is 1. The summed E-state index contributed by atoms with van der Waals surface area (Å²) in [5.41, 5.74) is 1.17. The average Bonchev–Trinajstić information content (AvgIpc) is 3.10. The molecule has 1 atom stereocenters. The molecule has 0 saturated carbocycles. The number of hydrogen-bond acceptors (Lipinski definition) is 3. The summed E-state index contributed by atoms with van der Waals surface area (Å²) < 4.78 is 15.7. The molecule has 0 spiro atoms. The van der Waals surface area contributed by atoms with E-state index in [0.717, 1.165) is 23.3 Å². The SMILES string of the molecule is CC1c2nccn2CCN1C(=O)NCc1cnc2c(F)cccc2c1. The van der Waals surface area contributed by atoms with Gasteiger partial charge < -0.3 is 14.8 Å². The van der Waals surface area contributed by atoms with Crippen LogP contribution in [0, 0.1) is 5.82 Å². The van der Waals surface area contributed by atoms with Gasteiger partial charge >= 0.3 is 6.03 Å². The predicted octanol–water partition coefficient (Wildman–Crippen LogP) is 2.86. The topological polar surface area (TPSA) is 63.1 Å². The quantitative estimate of drug-likeness (QED) is 0.781. The monoisotopic (exact) mass is 339 g/mol. The van der Waals surface area contributed by atoms with Gasteiger partial charge in [0.15, 0.2) is 0 Å². The van der Waals surface area contributed by atoms with Gasteiger partial charge in [-0.2, -0.15) is 0 Å². The van der Waals surface area contributed by atoms with E-state index in [2.05, 4.69) is 19.9 Å². The van der Waals surface area contributed by atoms with E-state index in [1.165, 1.54) is 6.07 Å². The molecule has 1 unspecified atom stereocenters. The van der Waals surface area contributed by atoms with Crippen molar-refractivity contribution in [3.05, 3.63) is 60.1 Å². The molecule has 128 valence electrons. The lowest BCUT2D eigenvalue weighted by Gasteiger charge is -2.33. The molecule has 2 amide bonds. The standard InChI is InChI=1S/C18H18FN5O/c1-12-17-20-5-6-23(17)7-8-24(12)18(25)22-11-13-9-14-3-2-4-15(19)16(14)21-10-13/h2-6,9-10,12H,7-8,11H2,1H3,(H,22,25). The minimum absolute atomic E-state index is 0.0763. The van der Waals surface area contributed by atoms with Gasteiger partial charge in [0.05, 0.1) is 6.04 Å². The molecule has 0 bridgehead atoms. The number of nitrogens with zero attached hydrogens (tertiary/aromatic N) is 4. The van der Waals surface area contributed by atoms with Crippen LogP contribution in [0.25, 0.3) is 10.9 Å². The number of imidazole rings is 1. The maximum absolute atomic E-state index is 13.7. The summed E-state index contributed by atoms with van der Waals surface area (Å²) in [5.74, 6) is 0.551. The fourth-order valence-electron chi connectivity index (χ4n) is 3.25. The van der Waals surface area contributed by atoms with E-state index in [1.54, 1.807) is 23.4 Å². The van der Waals surface area contributed by atoms with Crippen molar-refractivity contribution in [2.45, 2.75) is 26.1 Å². The molecule has 3 heterocycles. The molecule has 0 aliphatic carbocycles. The highest BCUT2D eigenvalue weighted by atomic mass is 19.1. The van der Waals surface area contributed by atoms with Crippen molar-refractivity contribution in [3.63, 3.8) is 0 Å². The first-order chi connectivity index (χ1) is 12.1. The van der Waals surface area contributed by atoms with Gasteiger partial charge in [-0.3, -0.25) is 4.98 Å². The molecular formula is C18H18FN5O. The molecule has 7 heteroatoms. The third-order valence-electron chi connectivity index (χ3n) is 4.59. The first-order valence-corrected chi connectivity index (χ1v) is 8.22. The molecule has 0 fully saturated rings. The summed E-state index contributed by atoms with van der Waals surface area (Å²) in [6, 6.07) is 6.48. The maximum Gasteiger partial charge on any atom is 0.318 e. The van der Waals surface area contributed by atoms with Crippen molar-refractivity contribution in [3.8, 4) is 0 Å². The van der Waals surface area contributed by atoms with Gasteiger partial charge in [-0.15, -0.1) is 0 Å². The van der Waals surface area contributed by atoms with E-state index in [4.69, 9.17) is 0 Å². The Bertz CT molecular complexity index is 938. The number of carbonyl (C=O) groups excluding carboxylic acids is 1. The number of rotatable bonds is 2. The molecular weight excluding hydrogens is 321 g/mol. The zero-order chi connectivity index (χ0) is 17.4. The highest BCUT2D eigenvalue weighted by Crippen LogP contribution is 2.23. The number of benzene rings is 1. The molecule has 1 aliphatic heterocycles. The number of carbonyl (C=O) groups is 1. The molecule has 1 aliphatic rings. The Hall–Kier alpha value is -2.96. The molecule has 2 aromatic heterocycles. The van der Waals surface area contributed by atoms with Crippen molar-refractivity contribution < 1.29 is 9.18 Å². The van der Waals surface area contributed by atoms with Crippen molar-refractivity contribution in [2.24, 2.45) is 0 Å². The second-order valence-corrected chi connectivity index (χ2v) is 6.16. The van der Waals surface area contributed by atoms with Crippen LogP contribution < -0.4 is 5.32 Å². The van der Waals surface area contributed by atoms with Gasteiger partial charge in [0.1, 0.15) is 17.2 Å². The number of para-hydroxylation sites is 1. The number of urea groups is 1. The van der Waals surface area contributed by atoms with Crippen LogP contribution in [-0.4, -0.2) is 32.0 Å². The zero-order valence-corrected chi connectivity index (χ0v) is 13.8. The van der Waals surface area contributed by atoms with Gasteiger partial charge in [-0.1, -0.05) is 12.1 Å². The Morgan fingerprint density at radius 3 is 3.12 bits per heavy atom. The third-order valence-corrected chi connectivity index (χ3v) is 4.59. The number of pyridine rings is 1. The normalized spacial score (nSPS) is 16.7. The fraction of sp³-hybridized carbons (Fsp3) is 0.278. The third kappa shape index (κ3) is 2.82. The minimum atomic E-state index is -0.342. The second kappa shape index (κ2) is 6.16. The highest BCUT2D eigenvalue weighted by molar-refractivity contribution is 5.79. The smallest absolute Gasteiger partial charge is 0.318 e. The van der Waals surface area contributed by atoms with Crippen LogP contribution in [0.3, 0.4) is 0 Å². The van der Waals surface area contributed by atoms with E-state index >= 15 is 0 Å². The molecule has 1 aromatic carbocycles. The fourth-order valence-corrected chi connectivity index (χ4v) is 3.25. The lowest BCUT2D eigenvalue weighted by Crippen LogP contribution is -2.46. The van der Waals surface area contributed by atoms with E-state index < -0.39 is 0 Å². The highest BCUT2D eigenvalue weighted by Gasteiger charge is 2.28. The van der Waals surface area contributed by atoms with E-state index in [0.29, 0.717) is 18.6 Å². The lowest BCUT2D eigenvalue weighted by atomic mass is 10.1. The lowest BCUT2D eigenvalue weighted by molar-refractivity contribution is 0.159. The summed E-state index contributed by atoms with van der Waals surface area (Å²) in [7, 11) is 0. The van der Waals surface area contributed by atoms with Crippen LogP contribution in [0.4, 0.5) is 9.18 Å². The first-order valence-electron chi connectivity index (χ1n) is 8.22. The summed E-state index contributed by atoms with van der Waals surface area (Å²) in [5, 5.41) is 3.64. The van der Waals surface area contributed by atoms with Crippen LogP contribution in [0.15, 0.2) is 42.9 Å². The van der Waals surface area contributed by atoms with Crippen LogP contribution in [0.5, 0.6) is 0 Å². The van der Waals surface area contributed by atoms with Gasteiger partial charge in [0, 0.05) is 43.6 Å². The van der Waals surface area contributed by atoms with Crippen LogP contribution in [-0.2, 0) is 13.1 Å². The molecule has 0 saturated heterocycles. The molecule has 4 rings (SSSR count). The Morgan fingerprint density at radius 2 is 2.24 bits per heavy atom. The van der Waals surface area contributed by atoms with Crippen molar-refractivity contribution >= 4 is 16.9 Å². The molecule has 6 nitrogen and oxygen atoms in total. The first kappa shape index (κ1) is 15.6. The van der Waals surface area contributed by atoms with Gasteiger partial charge in [0.25, 0.3) is 0 Å². The second-order valence-electron chi connectivity index (χ2n) is 6.16. The molecule has 0 radical (unpaired) electrons. The number of amides is 2. The van der Waals surface area contributed by atoms with Crippen molar-refractivity contribution in [2.75, 3.05) is 6.54 Å². The Morgan fingerprint density at radius 1 is 1.36 bits per heavy atom. The summed E-state index contributed by atoms with van der Waals surface area (Å²) in [6.07, 6.45) is 5.28.